The topological polar surface area (TPSA) is 83.9 Å². The lowest BCUT2D eigenvalue weighted by Crippen LogP contribution is -2.47. The number of hydrogen-bond donors (Lipinski definition) is 1. The zero-order valence-electron chi connectivity index (χ0n) is 11.9. The maximum absolute atomic E-state index is 12.4. The van der Waals surface area contributed by atoms with Crippen LogP contribution in [0.5, 0.6) is 0 Å². The Morgan fingerprint density at radius 2 is 2.23 bits per heavy atom. The van der Waals surface area contributed by atoms with E-state index in [2.05, 4.69) is 0 Å². The molecule has 1 aromatic carbocycles. The van der Waals surface area contributed by atoms with Crippen molar-refractivity contribution in [3.8, 4) is 0 Å². The van der Waals surface area contributed by atoms with Crippen molar-refractivity contribution in [3.05, 3.63) is 34.9 Å². The van der Waals surface area contributed by atoms with Gasteiger partial charge in [0.2, 0.25) is 10.0 Å². The number of carboxylic acids is 1. The Balaban J connectivity index is 1.96. The molecule has 0 spiro atoms. The fourth-order valence-electron chi connectivity index (χ4n) is 2.33. The van der Waals surface area contributed by atoms with Gasteiger partial charge in [-0.05, 0) is 24.1 Å². The van der Waals surface area contributed by atoms with E-state index in [-0.39, 0.29) is 31.9 Å². The standard InChI is InChI=1S/C14H18ClNO5S/c15-12-3-1-2-11(8-12)4-7-22(19,20)16-5-6-21-13(10-16)9-14(17)18/h1-3,8,13H,4-7,9-10H2,(H,17,18). The van der Waals surface area contributed by atoms with Crippen LogP contribution in [0.25, 0.3) is 0 Å². The Morgan fingerprint density at radius 1 is 1.45 bits per heavy atom. The van der Waals surface area contributed by atoms with Crippen LogP contribution in [0.4, 0.5) is 0 Å². The van der Waals surface area contributed by atoms with E-state index in [0.29, 0.717) is 11.4 Å². The number of aliphatic carboxylic acids is 1. The quantitative estimate of drug-likeness (QED) is 0.840. The van der Waals surface area contributed by atoms with E-state index in [1.807, 2.05) is 6.07 Å². The van der Waals surface area contributed by atoms with E-state index in [4.69, 9.17) is 21.4 Å². The van der Waals surface area contributed by atoms with Crippen molar-refractivity contribution in [2.45, 2.75) is 18.9 Å². The van der Waals surface area contributed by atoms with Crippen molar-refractivity contribution >= 4 is 27.6 Å². The molecule has 1 aliphatic heterocycles. The molecule has 0 radical (unpaired) electrons. The number of hydrogen-bond acceptors (Lipinski definition) is 4. The summed E-state index contributed by atoms with van der Waals surface area (Å²) in [5.41, 5.74) is 0.853. The monoisotopic (exact) mass is 347 g/mol. The molecule has 0 saturated carbocycles. The van der Waals surface area contributed by atoms with Gasteiger partial charge in [0.1, 0.15) is 0 Å². The van der Waals surface area contributed by atoms with Gasteiger partial charge in [0, 0.05) is 18.1 Å². The predicted molar refractivity (Wildman–Crippen MR) is 82.5 cm³/mol. The van der Waals surface area contributed by atoms with Gasteiger partial charge in [0.05, 0.1) is 24.9 Å². The minimum absolute atomic E-state index is 0.0346. The van der Waals surface area contributed by atoms with Gasteiger partial charge in [-0.2, -0.15) is 4.31 Å². The van der Waals surface area contributed by atoms with Crippen molar-refractivity contribution in [1.29, 1.82) is 0 Å². The second kappa shape index (κ2) is 7.41. The van der Waals surface area contributed by atoms with Crippen molar-refractivity contribution in [3.63, 3.8) is 0 Å². The predicted octanol–water partition coefficient (Wildman–Crippen LogP) is 1.39. The van der Waals surface area contributed by atoms with Crippen LogP contribution in [-0.4, -0.2) is 55.4 Å². The number of benzene rings is 1. The molecule has 0 amide bonds. The average molecular weight is 348 g/mol. The Morgan fingerprint density at radius 3 is 2.91 bits per heavy atom. The third-order valence-corrected chi connectivity index (χ3v) is 5.51. The molecule has 1 atom stereocenters. The molecule has 1 fully saturated rings. The fraction of sp³-hybridized carbons (Fsp3) is 0.500. The molecule has 22 heavy (non-hydrogen) atoms. The summed E-state index contributed by atoms with van der Waals surface area (Å²) in [4.78, 5) is 10.7. The van der Waals surface area contributed by atoms with Gasteiger partial charge in [-0.25, -0.2) is 8.42 Å². The summed E-state index contributed by atoms with van der Waals surface area (Å²) in [6.07, 6.45) is -0.420. The van der Waals surface area contributed by atoms with Crippen molar-refractivity contribution < 1.29 is 23.1 Å². The molecule has 0 aliphatic carbocycles. The summed E-state index contributed by atoms with van der Waals surface area (Å²) in [5.74, 6) is -1.03. The first-order valence-corrected chi connectivity index (χ1v) is 8.91. The van der Waals surface area contributed by atoms with E-state index < -0.39 is 22.1 Å². The van der Waals surface area contributed by atoms with Crippen molar-refractivity contribution in [1.82, 2.24) is 4.31 Å². The highest BCUT2D eigenvalue weighted by Crippen LogP contribution is 2.16. The summed E-state index contributed by atoms with van der Waals surface area (Å²) in [5, 5.41) is 9.34. The zero-order chi connectivity index (χ0) is 16.2. The highest BCUT2D eigenvalue weighted by Gasteiger charge is 2.30. The Labute approximate surface area is 134 Å². The van der Waals surface area contributed by atoms with E-state index in [1.165, 1.54) is 4.31 Å². The normalized spacial score (nSPS) is 20.0. The Hall–Kier alpha value is -1.15. The molecule has 0 bridgehead atoms. The average Bonchev–Trinajstić information content (AvgIpc) is 2.45. The van der Waals surface area contributed by atoms with E-state index in [9.17, 15) is 13.2 Å². The molecular weight excluding hydrogens is 330 g/mol. The van der Waals surface area contributed by atoms with Gasteiger partial charge >= 0.3 is 5.97 Å². The van der Waals surface area contributed by atoms with Crippen LogP contribution in [0, 0.1) is 0 Å². The fourth-order valence-corrected chi connectivity index (χ4v) is 4.04. The minimum Gasteiger partial charge on any atom is -0.481 e. The minimum atomic E-state index is -3.45. The van der Waals surface area contributed by atoms with Gasteiger partial charge in [-0.15, -0.1) is 0 Å². The molecule has 1 saturated heterocycles. The summed E-state index contributed by atoms with van der Waals surface area (Å²) < 4.78 is 31.3. The van der Waals surface area contributed by atoms with Crippen LogP contribution in [0.1, 0.15) is 12.0 Å². The number of carboxylic acid groups (broad SMARTS) is 1. The highest BCUT2D eigenvalue weighted by atomic mass is 35.5. The zero-order valence-corrected chi connectivity index (χ0v) is 13.5. The number of rotatable bonds is 6. The largest absolute Gasteiger partial charge is 0.481 e. The van der Waals surface area contributed by atoms with Gasteiger partial charge in [0.15, 0.2) is 0 Å². The number of halogens is 1. The summed E-state index contributed by atoms with van der Waals surface area (Å²) >= 11 is 5.88. The molecule has 1 unspecified atom stereocenters. The third kappa shape index (κ3) is 4.95. The van der Waals surface area contributed by atoms with Crippen LogP contribution in [0.2, 0.25) is 5.02 Å². The number of ether oxygens (including phenoxy) is 1. The Kier molecular flexibility index (Phi) is 5.80. The smallest absolute Gasteiger partial charge is 0.306 e. The maximum Gasteiger partial charge on any atom is 0.306 e. The van der Waals surface area contributed by atoms with Crippen molar-refractivity contribution in [2.24, 2.45) is 0 Å². The summed E-state index contributed by atoms with van der Waals surface area (Å²) in [6, 6.07) is 7.08. The molecule has 1 aliphatic rings. The van der Waals surface area contributed by atoms with Crippen molar-refractivity contribution in [2.75, 3.05) is 25.4 Å². The first kappa shape index (κ1) is 17.2. The van der Waals surface area contributed by atoms with E-state index in [0.717, 1.165) is 5.56 Å². The van der Waals surface area contributed by atoms with Crippen LogP contribution in [0.15, 0.2) is 24.3 Å². The number of sulfonamides is 1. The second-order valence-corrected chi connectivity index (χ2v) is 7.67. The van der Waals surface area contributed by atoms with Gasteiger partial charge in [0.25, 0.3) is 0 Å². The summed E-state index contributed by atoms with van der Waals surface area (Å²) in [7, 11) is -3.45. The van der Waals surface area contributed by atoms with E-state index in [1.54, 1.807) is 18.2 Å². The van der Waals surface area contributed by atoms with Gasteiger partial charge in [-0.3, -0.25) is 4.79 Å². The lowest BCUT2D eigenvalue weighted by Gasteiger charge is -2.31. The summed E-state index contributed by atoms with van der Waals surface area (Å²) in [6.45, 7) is 0.562. The second-order valence-electron chi connectivity index (χ2n) is 5.14. The molecule has 1 N–H and O–H groups in total. The van der Waals surface area contributed by atoms with Crippen LogP contribution in [0.3, 0.4) is 0 Å². The lowest BCUT2D eigenvalue weighted by atomic mass is 10.2. The molecular formula is C14H18ClNO5S. The number of morpholine rings is 1. The number of nitrogens with zero attached hydrogens (tertiary/aromatic N) is 1. The van der Waals surface area contributed by atoms with Crippen LogP contribution < -0.4 is 0 Å². The molecule has 8 heteroatoms. The van der Waals surface area contributed by atoms with Crippen LogP contribution >= 0.6 is 11.6 Å². The number of carbonyl (C=O) groups is 1. The first-order chi connectivity index (χ1) is 10.4. The molecule has 6 nitrogen and oxygen atoms in total. The molecule has 1 heterocycles. The molecule has 1 aromatic rings. The highest BCUT2D eigenvalue weighted by molar-refractivity contribution is 7.89. The van der Waals surface area contributed by atoms with Gasteiger partial charge < -0.3 is 9.84 Å². The Bertz CT molecular complexity index is 634. The van der Waals surface area contributed by atoms with E-state index >= 15 is 0 Å². The van der Waals surface area contributed by atoms with Gasteiger partial charge in [-0.1, -0.05) is 23.7 Å². The SMILES string of the molecule is O=C(O)CC1CN(S(=O)(=O)CCc2cccc(Cl)c2)CCO1. The molecule has 2 rings (SSSR count). The lowest BCUT2D eigenvalue weighted by molar-refractivity contribution is -0.141. The first-order valence-electron chi connectivity index (χ1n) is 6.92. The third-order valence-electron chi connectivity index (χ3n) is 3.43. The number of aryl methyl sites for hydroxylation is 1. The molecule has 122 valence electrons. The maximum atomic E-state index is 12.4. The van der Waals surface area contributed by atoms with Crippen LogP contribution in [-0.2, 0) is 26.0 Å². The molecule has 0 aromatic heterocycles.